The molecule has 7 nitrogen and oxygen atoms in total. The number of nitrogens with zero attached hydrogens (tertiary/aromatic N) is 2. The molecule has 0 radical (unpaired) electrons. The Kier molecular flexibility index (Phi) is 3.86. The zero-order valence-corrected chi connectivity index (χ0v) is 13.1. The minimum Gasteiger partial charge on any atom is -0.477 e. The van der Waals surface area contributed by atoms with Crippen LogP contribution in [0.25, 0.3) is 10.9 Å². The number of non-ortho nitro benzene ring substituents is 1. The van der Waals surface area contributed by atoms with Gasteiger partial charge in [0.15, 0.2) is 5.75 Å². The van der Waals surface area contributed by atoms with E-state index in [1.165, 1.54) is 28.8 Å². The van der Waals surface area contributed by atoms with Gasteiger partial charge in [0.1, 0.15) is 11.4 Å². The van der Waals surface area contributed by atoms with Gasteiger partial charge in [-0.2, -0.15) is 0 Å². The van der Waals surface area contributed by atoms with Crippen LogP contribution in [0, 0.1) is 10.1 Å². The van der Waals surface area contributed by atoms with Gasteiger partial charge in [0.25, 0.3) is 5.69 Å². The van der Waals surface area contributed by atoms with Crippen molar-refractivity contribution in [3.8, 4) is 11.5 Å². The van der Waals surface area contributed by atoms with Gasteiger partial charge in [-0.25, -0.2) is 4.79 Å². The number of aromatic nitrogens is 1. The summed E-state index contributed by atoms with van der Waals surface area (Å²) >= 11 is 6.14. The maximum absolute atomic E-state index is 11.3. The van der Waals surface area contributed by atoms with Crippen molar-refractivity contribution < 1.29 is 19.6 Å². The topological polar surface area (TPSA) is 94.6 Å². The Balaban J connectivity index is 2.13. The van der Waals surface area contributed by atoms with Crippen molar-refractivity contribution in [2.75, 3.05) is 0 Å². The predicted octanol–water partition coefficient (Wildman–Crippen LogP) is 4.23. The largest absolute Gasteiger partial charge is 0.477 e. The molecular formula is C16H11ClN2O5. The number of carboxylic acids is 1. The van der Waals surface area contributed by atoms with E-state index in [9.17, 15) is 20.0 Å². The van der Waals surface area contributed by atoms with Crippen LogP contribution in [0.4, 0.5) is 5.69 Å². The van der Waals surface area contributed by atoms with Gasteiger partial charge in [0.05, 0.1) is 21.5 Å². The number of ether oxygens (including phenoxy) is 1. The highest BCUT2D eigenvalue weighted by Crippen LogP contribution is 2.36. The number of carbonyl (C=O) groups is 1. The molecule has 1 aromatic heterocycles. The van der Waals surface area contributed by atoms with E-state index in [1.807, 2.05) is 0 Å². The molecule has 3 aromatic rings. The number of carboxylic acid groups (broad SMARTS) is 1. The van der Waals surface area contributed by atoms with Crippen molar-refractivity contribution in [2.24, 2.45) is 7.05 Å². The number of benzene rings is 2. The standard InChI is InChI=1S/C16H11ClN2O5/c1-18-13(16(20)21)8-11-12(17)5-6-14(15(11)18)24-10-4-2-3-9(7-10)19(22)23/h2-8H,1H3,(H,20,21). The van der Waals surface area contributed by atoms with Gasteiger partial charge in [-0.3, -0.25) is 10.1 Å². The van der Waals surface area contributed by atoms with Gasteiger partial charge < -0.3 is 14.4 Å². The van der Waals surface area contributed by atoms with Crippen molar-refractivity contribution in [1.82, 2.24) is 4.57 Å². The van der Waals surface area contributed by atoms with Crippen LogP contribution in [0.15, 0.2) is 42.5 Å². The molecule has 8 heteroatoms. The molecule has 1 heterocycles. The summed E-state index contributed by atoms with van der Waals surface area (Å²) in [4.78, 5) is 21.7. The Hall–Kier alpha value is -3.06. The predicted molar refractivity (Wildman–Crippen MR) is 88.1 cm³/mol. The van der Waals surface area contributed by atoms with Gasteiger partial charge in [-0.05, 0) is 24.3 Å². The lowest BCUT2D eigenvalue weighted by atomic mass is 10.2. The number of fused-ring (bicyclic) bond motifs is 1. The summed E-state index contributed by atoms with van der Waals surface area (Å²) in [7, 11) is 1.59. The zero-order valence-electron chi connectivity index (χ0n) is 12.4. The van der Waals surface area contributed by atoms with Gasteiger partial charge in [-0.15, -0.1) is 0 Å². The summed E-state index contributed by atoms with van der Waals surface area (Å²) in [5, 5.41) is 21.0. The number of rotatable bonds is 4. The second-order valence-corrected chi connectivity index (χ2v) is 5.47. The first-order valence-corrected chi connectivity index (χ1v) is 7.20. The van der Waals surface area contributed by atoms with Crippen molar-refractivity contribution in [3.63, 3.8) is 0 Å². The van der Waals surface area contributed by atoms with Gasteiger partial charge >= 0.3 is 5.97 Å². The first kappa shape index (κ1) is 15.8. The quantitative estimate of drug-likeness (QED) is 0.563. The Morgan fingerprint density at radius 1 is 1.29 bits per heavy atom. The molecule has 122 valence electrons. The van der Waals surface area contributed by atoms with Gasteiger partial charge in [0.2, 0.25) is 0 Å². The van der Waals surface area contributed by atoms with Gasteiger partial charge in [0, 0.05) is 18.5 Å². The fraction of sp³-hybridized carbons (Fsp3) is 0.0625. The third-order valence-corrected chi connectivity index (χ3v) is 3.91. The normalized spacial score (nSPS) is 10.8. The molecule has 0 fully saturated rings. The fourth-order valence-electron chi connectivity index (χ4n) is 2.48. The molecule has 1 N–H and O–H groups in total. The molecule has 0 atom stereocenters. The van der Waals surface area contributed by atoms with E-state index >= 15 is 0 Å². The van der Waals surface area contributed by atoms with Crippen LogP contribution in [0.2, 0.25) is 5.02 Å². The Labute approximate surface area is 140 Å². The number of nitro benzene ring substituents is 1. The van der Waals surface area contributed by atoms with Crippen LogP contribution < -0.4 is 4.74 Å². The summed E-state index contributed by atoms with van der Waals surface area (Å²) in [5.74, 6) is -0.470. The van der Waals surface area contributed by atoms with Crippen molar-refractivity contribution in [1.29, 1.82) is 0 Å². The molecule has 2 aromatic carbocycles. The molecule has 0 bridgehead atoms. The van der Waals surface area contributed by atoms with Crippen LogP contribution >= 0.6 is 11.6 Å². The molecular weight excluding hydrogens is 336 g/mol. The smallest absolute Gasteiger partial charge is 0.352 e. The highest BCUT2D eigenvalue weighted by molar-refractivity contribution is 6.35. The molecule has 3 rings (SSSR count). The fourth-order valence-corrected chi connectivity index (χ4v) is 2.68. The maximum Gasteiger partial charge on any atom is 0.352 e. The molecule has 0 saturated carbocycles. The lowest BCUT2D eigenvalue weighted by molar-refractivity contribution is -0.384. The van der Waals surface area contributed by atoms with Crippen LogP contribution in [-0.4, -0.2) is 20.6 Å². The monoisotopic (exact) mass is 346 g/mol. The highest BCUT2D eigenvalue weighted by Gasteiger charge is 2.18. The summed E-state index contributed by atoms with van der Waals surface area (Å²) < 4.78 is 7.19. The van der Waals surface area contributed by atoms with E-state index in [2.05, 4.69) is 0 Å². The average Bonchev–Trinajstić information content (AvgIpc) is 2.89. The number of halogens is 1. The van der Waals surface area contributed by atoms with Crippen LogP contribution in [0.3, 0.4) is 0 Å². The van der Waals surface area contributed by atoms with Crippen LogP contribution in [0.1, 0.15) is 10.5 Å². The van der Waals surface area contributed by atoms with E-state index in [1.54, 1.807) is 25.2 Å². The van der Waals surface area contributed by atoms with E-state index in [0.29, 0.717) is 21.7 Å². The van der Waals surface area contributed by atoms with Crippen LogP contribution in [0.5, 0.6) is 11.5 Å². The van der Waals surface area contributed by atoms with Crippen molar-refractivity contribution >= 4 is 34.2 Å². The molecule has 0 aliphatic carbocycles. The van der Waals surface area contributed by atoms with Crippen molar-refractivity contribution in [2.45, 2.75) is 0 Å². The second kappa shape index (κ2) is 5.86. The molecule has 0 aliphatic heterocycles. The molecule has 0 amide bonds. The summed E-state index contributed by atoms with van der Waals surface area (Å²) in [6.07, 6.45) is 0. The Morgan fingerprint density at radius 2 is 2.04 bits per heavy atom. The first-order chi connectivity index (χ1) is 11.4. The minimum atomic E-state index is -1.09. The second-order valence-electron chi connectivity index (χ2n) is 5.06. The lowest BCUT2D eigenvalue weighted by Crippen LogP contribution is -2.04. The SMILES string of the molecule is Cn1c(C(=O)O)cc2c(Cl)ccc(Oc3cccc([N+](=O)[O-])c3)c21. The zero-order chi connectivity index (χ0) is 17.4. The molecule has 24 heavy (non-hydrogen) atoms. The number of hydrogen-bond acceptors (Lipinski definition) is 4. The van der Waals surface area contributed by atoms with E-state index < -0.39 is 10.9 Å². The molecule has 0 aliphatic rings. The lowest BCUT2D eigenvalue weighted by Gasteiger charge is -2.10. The summed E-state index contributed by atoms with van der Waals surface area (Å²) in [5.41, 5.74) is 0.448. The van der Waals surface area contributed by atoms with E-state index in [-0.39, 0.29) is 17.1 Å². The average molecular weight is 347 g/mol. The third kappa shape index (κ3) is 2.65. The molecule has 0 saturated heterocycles. The molecule has 0 spiro atoms. The minimum absolute atomic E-state index is 0.0574. The summed E-state index contributed by atoms with van der Waals surface area (Å²) in [6.45, 7) is 0. The van der Waals surface area contributed by atoms with Crippen molar-refractivity contribution in [3.05, 3.63) is 63.3 Å². The van der Waals surface area contributed by atoms with Crippen LogP contribution in [-0.2, 0) is 7.05 Å². The molecule has 0 unspecified atom stereocenters. The first-order valence-electron chi connectivity index (χ1n) is 6.82. The van der Waals surface area contributed by atoms with E-state index in [0.717, 1.165) is 0 Å². The van der Waals surface area contributed by atoms with E-state index in [4.69, 9.17) is 16.3 Å². The number of hydrogen-bond donors (Lipinski definition) is 1. The Morgan fingerprint density at radius 3 is 2.71 bits per heavy atom. The third-order valence-electron chi connectivity index (χ3n) is 3.58. The Bertz CT molecular complexity index is 980. The maximum atomic E-state index is 11.3. The number of nitro groups is 1. The highest BCUT2D eigenvalue weighted by atomic mass is 35.5. The van der Waals surface area contributed by atoms with Gasteiger partial charge in [-0.1, -0.05) is 17.7 Å². The number of aryl methyl sites for hydroxylation is 1. The number of aromatic carboxylic acids is 1. The summed E-state index contributed by atoms with van der Waals surface area (Å²) in [6, 6.07) is 10.4.